The molecule has 1 atom stereocenters. The number of alkyl halides is 3. The van der Waals surface area contributed by atoms with Gasteiger partial charge < -0.3 is 15.3 Å². The molecule has 1 amide bonds. The Labute approximate surface area is 216 Å². The molecule has 1 aliphatic rings. The molecule has 4 rings (SSSR count). The van der Waals surface area contributed by atoms with Gasteiger partial charge in [0.15, 0.2) is 11.3 Å². The number of anilines is 2. The van der Waals surface area contributed by atoms with E-state index in [4.69, 9.17) is 5.26 Å². The summed E-state index contributed by atoms with van der Waals surface area (Å²) in [6, 6.07) is 16.2. The number of nitrogens with zero attached hydrogens (tertiary/aromatic N) is 4. The average Bonchev–Trinajstić information content (AvgIpc) is 2.89. The number of aliphatic hydroxyl groups is 1. The van der Waals surface area contributed by atoms with Crippen LogP contribution in [0.5, 0.6) is 0 Å². The van der Waals surface area contributed by atoms with Gasteiger partial charge in [0.2, 0.25) is 0 Å². The van der Waals surface area contributed by atoms with Gasteiger partial charge in [0.1, 0.15) is 11.9 Å². The number of aromatic nitrogens is 1. The largest absolute Gasteiger partial charge is 0.419 e. The molecule has 38 heavy (non-hydrogen) atoms. The minimum absolute atomic E-state index is 0.0218. The summed E-state index contributed by atoms with van der Waals surface area (Å²) in [4.78, 5) is 20.2. The van der Waals surface area contributed by atoms with Crippen LogP contribution >= 0.6 is 0 Å². The number of benzene rings is 2. The molecule has 0 radical (unpaired) electrons. The van der Waals surface area contributed by atoms with Crippen molar-refractivity contribution in [3.63, 3.8) is 0 Å². The molecule has 1 fully saturated rings. The molecule has 7 nitrogen and oxygen atoms in total. The molecule has 2 N–H and O–H groups in total. The minimum Gasteiger partial charge on any atom is -0.379 e. The normalized spacial score (nSPS) is 16.0. The maximum atomic E-state index is 13.2. The Balaban J connectivity index is 1.33. The number of nitriles is 1. The number of carbonyl (C=O) groups is 1. The minimum atomic E-state index is -4.82. The van der Waals surface area contributed by atoms with E-state index in [1.165, 1.54) is 25.1 Å². The molecule has 1 unspecified atom stereocenters. The zero-order valence-electron chi connectivity index (χ0n) is 20.5. The first-order chi connectivity index (χ1) is 18.0. The second-order valence-corrected chi connectivity index (χ2v) is 9.27. The number of rotatable bonds is 6. The van der Waals surface area contributed by atoms with E-state index in [-0.39, 0.29) is 18.0 Å². The quantitative estimate of drug-likeness (QED) is 0.465. The third kappa shape index (κ3) is 6.27. The molecule has 1 aliphatic heterocycles. The Hall–Kier alpha value is -4.01. The second-order valence-electron chi connectivity index (χ2n) is 9.27. The van der Waals surface area contributed by atoms with Crippen molar-refractivity contribution < 1.29 is 27.5 Å². The molecule has 2 aromatic carbocycles. The highest BCUT2D eigenvalue weighted by Crippen LogP contribution is 2.33. The Morgan fingerprint density at radius 2 is 1.63 bits per heavy atom. The number of carbonyl (C=O) groups excluding carboxylic acids is 1. The smallest absolute Gasteiger partial charge is 0.379 e. The lowest BCUT2D eigenvalue weighted by molar-refractivity contribution is -0.138. The summed E-state index contributed by atoms with van der Waals surface area (Å²) in [5.74, 6) is -1.17. The third-order valence-electron chi connectivity index (χ3n) is 6.36. The zero-order chi connectivity index (χ0) is 27.5. The number of nitrogens with one attached hydrogen (secondary N) is 1. The van der Waals surface area contributed by atoms with E-state index in [2.05, 4.69) is 15.2 Å². The van der Waals surface area contributed by atoms with Crippen molar-refractivity contribution in [3.8, 4) is 17.2 Å². The van der Waals surface area contributed by atoms with Gasteiger partial charge in [0, 0.05) is 38.4 Å². The van der Waals surface area contributed by atoms with Crippen molar-refractivity contribution >= 4 is 17.3 Å². The van der Waals surface area contributed by atoms with Crippen LogP contribution in [0.15, 0.2) is 60.8 Å². The van der Waals surface area contributed by atoms with Crippen LogP contribution in [-0.4, -0.2) is 59.2 Å². The number of hydrogen-bond donors (Lipinski definition) is 2. The third-order valence-corrected chi connectivity index (χ3v) is 6.36. The van der Waals surface area contributed by atoms with Gasteiger partial charge in [0.05, 0.1) is 17.4 Å². The lowest BCUT2D eigenvalue weighted by Crippen LogP contribution is -2.54. The topological polar surface area (TPSA) is 92.5 Å². The molecular weight excluding hydrogens is 502 g/mol. The highest BCUT2D eigenvalue weighted by molar-refractivity contribution is 5.97. The van der Waals surface area contributed by atoms with Crippen LogP contribution in [0.2, 0.25) is 0 Å². The lowest BCUT2D eigenvalue weighted by atomic mass is 10.0. The fourth-order valence-electron chi connectivity index (χ4n) is 4.28. The van der Waals surface area contributed by atoms with Gasteiger partial charge in [-0.1, -0.05) is 24.3 Å². The first kappa shape index (κ1) is 27.0. The molecule has 0 saturated carbocycles. The van der Waals surface area contributed by atoms with Crippen molar-refractivity contribution in [1.29, 1.82) is 5.26 Å². The molecule has 198 valence electrons. The van der Waals surface area contributed by atoms with Gasteiger partial charge >= 0.3 is 6.18 Å². The first-order valence-corrected chi connectivity index (χ1v) is 11.8. The number of halogens is 4. The highest BCUT2D eigenvalue weighted by Gasteiger charge is 2.37. The summed E-state index contributed by atoms with van der Waals surface area (Å²) in [6.45, 7) is 3.67. The fourth-order valence-corrected chi connectivity index (χ4v) is 4.28. The summed E-state index contributed by atoms with van der Waals surface area (Å²) in [5.41, 5.74) is -1.33. The van der Waals surface area contributed by atoms with Crippen molar-refractivity contribution in [3.05, 3.63) is 77.9 Å². The summed E-state index contributed by atoms with van der Waals surface area (Å²) in [5, 5.41) is 21.9. The molecule has 11 heteroatoms. The maximum absolute atomic E-state index is 13.2. The zero-order valence-corrected chi connectivity index (χ0v) is 20.5. The molecule has 0 spiro atoms. The molecule has 2 heterocycles. The molecular formula is C27H25F4N5O2. The Morgan fingerprint density at radius 3 is 2.18 bits per heavy atom. The van der Waals surface area contributed by atoms with Gasteiger partial charge in [0.25, 0.3) is 5.91 Å². The van der Waals surface area contributed by atoms with E-state index in [1.54, 1.807) is 12.1 Å². The molecule has 1 saturated heterocycles. The summed E-state index contributed by atoms with van der Waals surface area (Å²) in [7, 11) is 0. The molecule has 1 aromatic heterocycles. The molecule has 0 aliphatic carbocycles. The van der Waals surface area contributed by atoms with Crippen LogP contribution in [0.1, 0.15) is 18.2 Å². The van der Waals surface area contributed by atoms with Crippen LogP contribution < -0.4 is 10.2 Å². The van der Waals surface area contributed by atoms with Crippen molar-refractivity contribution in [1.82, 2.24) is 9.88 Å². The molecule has 0 bridgehead atoms. The van der Waals surface area contributed by atoms with Crippen LogP contribution in [-0.2, 0) is 11.0 Å². The summed E-state index contributed by atoms with van der Waals surface area (Å²) < 4.78 is 52.7. The van der Waals surface area contributed by atoms with Crippen molar-refractivity contribution in [2.45, 2.75) is 18.7 Å². The first-order valence-electron chi connectivity index (χ1n) is 11.8. The van der Waals surface area contributed by atoms with Crippen LogP contribution in [0, 0.1) is 17.1 Å². The Kier molecular flexibility index (Phi) is 7.66. The van der Waals surface area contributed by atoms with Gasteiger partial charge in [-0.05, 0) is 48.4 Å². The Bertz CT molecular complexity index is 1330. The van der Waals surface area contributed by atoms with Gasteiger partial charge in [-0.2, -0.15) is 18.4 Å². The van der Waals surface area contributed by atoms with E-state index in [1.807, 2.05) is 29.2 Å². The average molecular weight is 528 g/mol. The van der Waals surface area contributed by atoms with Crippen LogP contribution in [0.4, 0.5) is 28.9 Å². The lowest BCUT2D eigenvalue weighted by Gasteiger charge is -2.38. The van der Waals surface area contributed by atoms with E-state index in [0.717, 1.165) is 23.0 Å². The van der Waals surface area contributed by atoms with E-state index >= 15 is 0 Å². The van der Waals surface area contributed by atoms with E-state index in [0.29, 0.717) is 32.2 Å². The number of hydrogen-bond acceptors (Lipinski definition) is 6. The number of β-amino-alcohol motifs (C(OH)–C–C–N with tert-alkyl or cyclic N) is 1. The molecule has 3 aromatic rings. The SMILES string of the molecule is CC(O)(CN1CCN(c2ccc(-c3ccc(F)cc3)cc2)CC1)C(=O)Nc1cnc(C#N)c(C(F)(F)F)c1. The van der Waals surface area contributed by atoms with Crippen molar-refractivity contribution in [2.24, 2.45) is 0 Å². The highest BCUT2D eigenvalue weighted by atomic mass is 19.4. The monoisotopic (exact) mass is 527 g/mol. The number of piperazine rings is 1. The predicted octanol–water partition coefficient (Wildman–Crippen LogP) is 4.29. The van der Waals surface area contributed by atoms with E-state index in [9.17, 15) is 27.5 Å². The fraction of sp³-hybridized carbons (Fsp3) is 0.296. The van der Waals surface area contributed by atoms with Crippen molar-refractivity contribution in [2.75, 3.05) is 42.9 Å². The number of pyridine rings is 1. The van der Waals surface area contributed by atoms with E-state index < -0.39 is 28.9 Å². The van der Waals surface area contributed by atoms with Gasteiger partial charge in [-0.25, -0.2) is 9.37 Å². The van der Waals surface area contributed by atoms with Crippen LogP contribution in [0.25, 0.3) is 11.1 Å². The van der Waals surface area contributed by atoms with Crippen LogP contribution in [0.3, 0.4) is 0 Å². The standard InChI is InChI=1S/C27H25F4N5O2/c1-26(38,25(37)34-21-14-23(27(29,30)31)24(15-32)33-16-21)17-35-10-12-36(13-11-35)22-8-4-19(5-9-22)18-2-6-20(28)7-3-18/h2-9,14,16,38H,10-13,17H2,1H3,(H,34,37). The van der Waals surface area contributed by atoms with Gasteiger partial charge in [-0.15, -0.1) is 0 Å². The summed E-state index contributed by atoms with van der Waals surface area (Å²) >= 11 is 0. The number of amides is 1. The summed E-state index contributed by atoms with van der Waals surface area (Å²) in [6.07, 6.45) is -3.87. The predicted molar refractivity (Wildman–Crippen MR) is 134 cm³/mol. The Morgan fingerprint density at radius 1 is 1.05 bits per heavy atom. The van der Waals surface area contributed by atoms with Gasteiger partial charge in [-0.3, -0.25) is 9.69 Å². The second kappa shape index (κ2) is 10.8. The maximum Gasteiger partial charge on any atom is 0.419 e.